The summed E-state index contributed by atoms with van der Waals surface area (Å²) in [5.74, 6) is 0.305. The molecule has 0 saturated heterocycles. The van der Waals surface area contributed by atoms with Gasteiger partial charge in [-0.15, -0.1) is 22.7 Å². The molecule has 0 atom stereocenters. The first kappa shape index (κ1) is 26.2. The van der Waals surface area contributed by atoms with Crippen LogP contribution in [-0.2, 0) is 10.8 Å². The Kier molecular flexibility index (Phi) is 6.93. The van der Waals surface area contributed by atoms with Crippen LogP contribution in [0.1, 0.15) is 58.2 Å². The predicted molar refractivity (Wildman–Crippen MR) is 165 cm³/mol. The van der Waals surface area contributed by atoms with E-state index in [1.54, 1.807) is 28.9 Å². The van der Waals surface area contributed by atoms with Gasteiger partial charge in [0.05, 0.1) is 26.8 Å². The maximum atomic E-state index is 11.1. The number of hydrogen-bond donors (Lipinski definition) is 1. The number of rotatable bonds is 5. The fraction of sp³-hybridized carbons (Fsp3) is 0.242. The summed E-state index contributed by atoms with van der Waals surface area (Å²) in [6.07, 6.45) is 1.79. The molecule has 0 radical (unpaired) electrons. The first-order valence-electron chi connectivity index (χ1n) is 12.8. The van der Waals surface area contributed by atoms with Crippen molar-refractivity contribution in [2.45, 2.75) is 52.4 Å². The minimum Gasteiger partial charge on any atom is -0.507 e. The Hall–Kier alpha value is -3.41. The van der Waals surface area contributed by atoms with Crippen molar-refractivity contribution in [2.24, 2.45) is 4.99 Å². The van der Waals surface area contributed by atoms with Crippen molar-refractivity contribution >= 4 is 34.6 Å². The summed E-state index contributed by atoms with van der Waals surface area (Å²) in [6.45, 7) is 13.0. The molecule has 194 valence electrons. The zero-order valence-corrected chi connectivity index (χ0v) is 24.5. The minimum absolute atomic E-state index is 0.0325. The molecule has 38 heavy (non-hydrogen) atoms. The summed E-state index contributed by atoms with van der Waals surface area (Å²) in [5, 5.41) is 15.3. The van der Waals surface area contributed by atoms with Gasteiger partial charge in [-0.25, -0.2) is 0 Å². The van der Waals surface area contributed by atoms with Crippen LogP contribution in [-0.4, -0.2) is 15.9 Å². The molecule has 5 aromatic rings. The van der Waals surface area contributed by atoms with Gasteiger partial charge >= 0.3 is 0 Å². The Bertz CT molecular complexity index is 1510. The number of aromatic hydroxyl groups is 1. The minimum atomic E-state index is -0.174. The van der Waals surface area contributed by atoms with E-state index >= 15 is 0 Å². The van der Waals surface area contributed by atoms with E-state index in [9.17, 15) is 5.11 Å². The average Bonchev–Trinajstić information content (AvgIpc) is 3.63. The number of benzene rings is 2. The Balaban J connectivity index is 1.52. The van der Waals surface area contributed by atoms with Crippen LogP contribution in [0.15, 0.2) is 88.5 Å². The first-order valence-corrected chi connectivity index (χ1v) is 14.6. The second-order valence-electron chi connectivity index (χ2n) is 11.6. The van der Waals surface area contributed by atoms with E-state index < -0.39 is 0 Å². The number of thiophene rings is 2. The average molecular weight is 539 g/mol. The Morgan fingerprint density at radius 3 is 1.79 bits per heavy atom. The van der Waals surface area contributed by atoms with Crippen molar-refractivity contribution < 1.29 is 5.11 Å². The second kappa shape index (κ2) is 10.0. The molecule has 0 saturated carbocycles. The third-order valence-corrected chi connectivity index (χ3v) is 8.49. The van der Waals surface area contributed by atoms with Crippen molar-refractivity contribution in [3.63, 3.8) is 0 Å². The summed E-state index contributed by atoms with van der Waals surface area (Å²) in [5.41, 5.74) is 6.96. The molecule has 2 aromatic carbocycles. The second-order valence-corrected chi connectivity index (χ2v) is 13.5. The van der Waals surface area contributed by atoms with Crippen LogP contribution in [0.5, 0.6) is 5.75 Å². The lowest BCUT2D eigenvalue weighted by atomic mass is 9.79. The van der Waals surface area contributed by atoms with Crippen molar-refractivity contribution in [3.05, 3.63) is 100 Å². The van der Waals surface area contributed by atoms with Gasteiger partial charge in [0.15, 0.2) is 0 Å². The van der Waals surface area contributed by atoms with Gasteiger partial charge in [0.1, 0.15) is 5.75 Å². The molecule has 0 aliphatic heterocycles. The molecule has 0 amide bonds. The Morgan fingerprint density at radius 1 is 0.737 bits per heavy atom. The maximum Gasteiger partial charge on any atom is 0.128 e. The van der Waals surface area contributed by atoms with Gasteiger partial charge in [0.25, 0.3) is 0 Å². The summed E-state index contributed by atoms with van der Waals surface area (Å²) >= 11 is 3.49. The van der Waals surface area contributed by atoms with E-state index in [-0.39, 0.29) is 10.8 Å². The molecule has 0 aliphatic carbocycles. The van der Waals surface area contributed by atoms with Gasteiger partial charge in [-0.2, -0.15) is 0 Å². The number of aliphatic imine (C=N–C) groups is 1. The van der Waals surface area contributed by atoms with Crippen LogP contribution in [0.2, 0.25) is 0 Å². The lowest BCUT2D eigenvalue weighted by Crippen LogP contribution is -2.17. The molecule has 5 rings (SSSR count). The van der Waals surface area contributed by atoms with E-state index in [1.165, 1.54) is 26.7 Å². The molecule has 0 fully saturated rings. The fourth-order valence-electron chi connectivity index (χ4n) is 4.54. The van der Waals surface area contributed by atoms with Gasteiger partial charge in [-0.3, -0.25) is 4.99 Å². The highest BCUT2D eigenvalue weighted by molar-refractivity contribution is 7.14. The molecule has 3 aromatic heterocycles. The fourth-order valence-corrected chi connectivity index (χ4v) is 6.02. The molecule has 0 aliphatic rings. The van der Waals surface area contributed by atoms with Crippen LogP contribution in [0, 0.1) is 0 Å². The van der Waals surface area contributed by atoms with Crippen LogP contribution in [0.3, 0.4) is 0 Å². The Labute approximate surface area is 233 Å². The van der Waals surface area contributed by atoms with Gasteiger partial charge < -0.3 is 9.67 Å². The summed E-state index contributed by atoms with van der Waals surface area (Å²) in [6, 6.07) is 25.4. The molecule has 3 heterocycles. The Morgan fingerprint density at radius 2 is 1.32 bits per heavy atom. The van der Waals surface area contributed by atoms with Crippen molar-refractivity contribution in [2.75, 3.05) is 0 Å². The lowest BCUT2D eigenvalue weighted by molar-refractivity contribution is 0.444. The van der Waals surface area contributed by atoms with E-state index in [0.717, 1.165) is 22.5 Å². The van der Waals surface area contributed by atoms with Crippen molar-refractivity contribution in [1.82, 2.24) is 4.57 Å². The summed E-state index contributed by atoms with van der Waals surface area (Å²) in [4.78, 5) is 7.23. The zero-order chi connectivity index (χ0) is 27.1. The van der Waals surface area contributed by atoms with E-state index in [2.05, 4.69) is 118 Å². The molecular formula is C33H34N2OS2. The number of hydrogen-bond acceptors (Lipinski definition) is 4. The molecule has 5 heteroatoms. The maximum absolute atomic E-state index is 11.1. The molecule has 1 N–H and O–H groups in total. The molecule has 0 unspecified atom stereocenters. The highest BCUT2D eigenvalue weighted by Crippen LogP contribution is 2.38. The van der Waals surface area contributed by atoms with E-state index in [4.69, 9.17) is 4.99 Å². The van der Waals surface area contributed by atoms with E-state index in [0.29, 0.717) is 5.75 Å². The first-order chi connectivity index (χ1) is 18.0. The third kappa shape index (κ3) is 5.27. The summed E-state index contributed by atoms with van der Waals surface area (Å²) < 4.78 is 2.32. The lowest BCUT2D eigenvalue weighted by Gasteiger charge is -2.26. The van der Waals surface area contributed by atoms with Crippen LogP contribution in [0.25, 0.3) is 26.8 Å². The van der Waals surface area contributed by atoms with E-state index in [1.807, 2.05) is 12.1 Å². The van der Waals surface area contributed by atoms with Crippen LogP contribution in [0.4, 0.5) is 5.69 Å². The molecule has 0 bridgehead atoms. The normalized spacial score (nSPS) is 12.5. The molecular weight excluding hydrogens is 505 g/mol. The topological polar surface area (TPSA) is 37.5 Å². The van der Waals surface area contributed by atoms with Crippen molar-refractivity contribution in [3.8, 4) is 32.6 Å². The third-order valence-electron chi connectivity index (χ3n) is 6.70. The number of aromatic nitrogens is 1. The molecule has 0 spiro atoms. The highest BCUT2D eigenvalue weighted by atomic mass is 32.1. The number of nitrogens with zero attached hydrogens (tertiary/aromatic N) is 2. The monoisotopic (exact) mass is 538 g/mol. The smallest absolute Gasteiger partial charge is 0.128 e. The highest BCUT2D eigenvalue weighted by Gasteiger charge is 2.24. The van der Waals surface area contributed by atoms with Gasteiger partial charge in [0, 0.05) is 23.0 Å². The number of phenolic OH excluding ortho intramolecular Hbond substituents is 1. The quantitative estimate of drug-likeness (QED) is 0.222. The summed E-state index contributed by atoms with van der Waals surface area (Å²) in [7, 11) is 0. The van der Waals surface area contributed by atoms with Crippen LogP contribution < -0.4 is 0 Å². The largest absolute Gasteiger partial charge is 0.507 e. The van der Waals surface area contributed by atoms with Gasteiger partial charge in [-0.1, -0.05) is 59.7 Å². The van der Waals surface area contributed by atoms with Crippen molar-refractivity contribution in [1.29, 1.82) is 0 Å². The van der Waals surface area contributed by atoms with Crippen LogP contribution >= 0.6 is 22.7 Å². The van der Waals surface area contributed by atoms with Gasteiger partial charge in [0.2, 0.25) is 0 Å². The van der Waals surface area contributed by atoms with Gasteiger partial charge in [-0.05, 0) is 81.8 Å². The molecule has 3 nitrogen and oxygen atoms in total. The zero-order valence-electron chi connectivity index (χ0n) is 22.8. The predicted octanol–water partition coefficient (Wildman–Crippen LogP) is 9.99. The number of phenols is 1. The standard InChI is InChI=1S/C33H34N2OS2/c1-32(2,3)23-19-22(31(36)26(20-23)33(4,5)6)21-34-24-11-13-25(14-12-24)35-27(29-9-7-17-37-29)15-16-28(35)30-10-8-18-38-30/h7-21,36H,1-6H3. The SMILES string of the molecule is CC(C)(C)c1cc(C=Nc2ccc(-n3c(-c4cccs4)ccc3-c3cccs3)cc2)c(O)c(C(C)(C)C)c1.